The molecule has 0 aliphatic carbocycles. The van der Waals surface area contributed by atoms with Crippen molar-refractivity contribution in [3.8, 4) is 5.75 Å². The van der Waals surface area contributed by atoms with E-state index in [2.05, 4.69) is 5.32 Å². The Kier molecular flexibility index (Phi) is 7.31. The summed E-state index contributed by atoms with van der Waals surface area (Å²) in [4.78, 5) is 12.7. The van der Waals surface area contributed by atoms with Gasteiger partial charge >= 0.3 is 0 Å². The number of amides is 1. The molecule has 0 aromatic heterocycles. The molecule has 0 saturated carbocycles. The molecule has 1 amide bonds. The zero-order valence-electron chi connectivity index (χ0n) is 17.6. The normalized spacial score (nSPS) is 11.0. The van der Waals surface area contributed by atoms with Gasteiger partial charge in [-0.2, -0.15) is 0 Å². The smallest absolute Gasteiger partial charge is 0.264 e. The summed E-state index contributed by atoms with van der Waals surface area (Å²) >= 11 is 0. The van der Waals surface area contributed by atoms with Crippen molar-refractivity contribution in [1.82, 2.24) is 5.32 Å². The summed E-state index contributed by atoms with van der Waals surface area (Å²) in [6.07, 6.45) is 0. The summed E-state index contributed by atoms with van der Waals surface area (Å²) in [6.45, 7) is 4.08. The molecule has 6 nitrogen and oxygen atoms in total. The van der Waals surface area contributed by atoms with Crippen LogP contribution in [0.25, 0.3) is 0 Å². The Morgan fingerprint density at radius 1 is 0.903 bits per heavy atom. The van der Waals surface area contributed by atoms with Gasteiger partial charge in [-0.3, -0.25) is 9.10 Å². The lowest BCUT2D eigenvalue weighted by atomic mass is 10.1. The molecule has 3 aromatic rings. The van der Waals surface area contributed by atoms with Crippen molar-refractivity contribution < 1.29 is 17.9 Å². The zero-order chi connectivity index (χ0) is 22.3. The number of nitrogens with one attached hydrogen (secondary N) is 1. The number of anilines is 1. The first-order chi connectivity index (χ1) is 14.9. The first-order valence-corrected chi connectivity index (χ1v) is 11.4. The molecule has 0 unspecified atom stereocenters. The van der Waals surface area contributed by atoms with Crippen LogP contribution in [0.2, 0.25) is 0 Å². The molecule has 0 spiro atoms. The van der Waals surface area contributed by atoms with Crippen molar-refractivity contribution in [2.24, 2.45) is 0 Å². The standard InChI is InChI=1S/C24H26N2O4S/c1-19-13-14-21(17-20(19)2)26(31(28,29)23-11-7-4-8-12-23)18-24(27)25-15-16-30-22-9-5-3-6-10-22/h3-14,17H,15-16,18H2,1-2H3,(H,25,27). The lowest BCUT2D eigenvalue weighted by Crippen LogP contribution is -2.42. The maximum Gasteiger partial charge on any atom is 0.264 e. The van der Waals surface area contributed by atoms with E-state index in [1.165, 1.54) is 12.1 Å². The minimum absolute atomic E-state index is 0.133. The van der Waals surface area contributed by atoms with Crippen molar-refractivity contribution in [2.45, 2.75) is 18.7 Å². The van der Waals surface area contributed by atoms with Gasteiger partial charge in [0, 0.05) is 0 Å². The third-order valence-corrected chi connectivity index (χ3v) is 6.62. The number of nitrogens with zero attached hydrogens (tertiary/aromatic N) is 1. The van der Waals surface area contributed by atoms with E-state index < -0.39 is 15.9 Å². The third kappa shape index (κ3) is 5.86. The number of aryl methyl sites for hydroxylation is 2. The molecule has 0 atom stereocenters. The number of para-hydroxylation sites is 1. The van der Waals surface area contributed by atoms with Crippen LogP contribution >= 0.6 is 0 Å². The van der Waals surface area contributed by atoms with Gasteiger partial charge in [0.2, 0.25) is 5.91 Å². The van der Waals surface area contributed by atoms with E-state index in [0.29, 0.717) is 11.4 Å². The van der Waals surface area contributed by atoms with E-state index >= 15 is 0 Å². The van der Waals surface area contributed by atoms with E-state index in [4.69, 9.17) is 4.74 Å². The first kappa shape index (κ1) is 22.4. The largest absolute Gasteiger partial charge is 0.492 e. The second kappa shape index (κ2) is 10.1. The zero-order valence-corrected chi connectivity index (χ0v) is 18.4. The maximum atomic E-state index is 13.3. The topological polar surface area (TPSA) is 75.7 Å². The lowest BCUT2D eigenvalue weighted by molar-refractivity contribution is -0.119. The van der Waals surface area contributed by atoms with Crippen LogP contribution < -0.4 is 14.4 Å². The summed E-state index contributed by atoms with van der Waals surface area (Å²) < 4.78 is 33.3. The fourth-order valence-electron chi connectivity index (χ4n) is 2.98. The molecule has 0 bridgehead atoms. The Balaban J connectivity index is 1.73. The fourth-order valence-corrected chi connectivity index (χ4v) is 4.41. The molecule has 7 heteroatoms. The Hall–Kier alpha value is -3.32. The minimum atomic E-state index is -3.91. The van der Waals surface area contributed by atoms with E-state index in [1.807, 2.05) is 50.2 Å². The quantitative estimate of drug-likeness (QED) is 0.517. The molecule has 0 saturated heterocycles. The molecular formula is C24H26N2O4S. The minimum Gasteiger partial charge on any atom is -0.492 e. The van der Waals surface area contributed by atoms with E-state index in [0.717, 1.165) is 15.4 Å². The Bertz CT molecular complexity index is 1120. The molecule has 0 fully saturated rings. The van der Waals surface area contributed by atoms with Gasteiger partial charge in [0.1, 0.15) is 18.9 Å². The predicted octanol–water partition coefficient (Wildman–Crippen LogP) is 3.69. The number of rotatable bonds is 9. The monoisotopic (exact) mass is 438 g/mol. The lowest BCUT2D eigenvalue weighted by Gasteiger charge is -2.25. The molecule has 1 N–H and O–H groups in total. The highest BCUT2D eigenvalue weighted by Gasteiger charge is 2.27. The Morgan fingerprint density at radius 3 is 2.19 bits per heavy atom. The SMILES string of the molecule is Cc1ccc(N(CC(=O)NCCOc2ccccc2)S(=O)(=O)c2ccccc2)cc1C. The predicted molar refractivity (Wildman–Crippen MR) is 122 cm³/mol. The number of carbonyl (C=O) groups excluding carboxylic acids is 1. The summed E-state index contributed by atoms with van der Waals surface area (Å²) in [5, 5.41) is 2.73. The van der Waals surface area contributed by atoms with Crippen molar-refractivity contribution >= 4 is 21.6 Å². The first-order valence-electron chi connectivity index (χ1n) is 9.97. The van der Waals surface area contributed by atoms with Gasteiger partial charge in [0.15, 0.2) is 0 Å². The van der Waals surface area contributed by atoms with Crippen LogP contribution in [-0.4, -0.2) is 34.0 Å². The second-order valence-electron chi connectivity index (χ2n) is 7.10. The van der Waals surface area contributed by atoms with E-state index in [-0.39, 0.29) is 24.6 Å². The highest BCUT2D eigenvalue weighted by atomic mass is 32.2. The Morgan fingerprint density at radius 2 is 1.55 bits per heavy atom. The van der Waals surface area contributed by atoms with Crippen LogP contribution in [-0.2, 0) is 14.8 Å². The summed E-state index contributed by atoms with van der Waals surface area (Å²) in [6, 6.07) is 22.7. The fraction of sp³-hybridized carbons (Fsp3) is 0.208. The van der Waals surface area contributed by atoms with Crippen molar-refractivity contribution in [3.63, 3.8) is 0 Å². The maximum absolute atomic E-state index is 13.3. The molecule has 0 aliphatic heterocycles. The van der Waals surface area contributed by atoms with Gasteiger partial charge in [0.25, 0.3) is 10.0 Å². The molecule has 3 aromatic carbocycles. The van der Waals surface area contributed by atoms with Gasteiger partial charge < -0.3 is 10.1 Å². The molecule has 0 aliphatic rings. The van der Waals surface area contributed by atoms with Gasteiger partial charge in [-0.05, 0) is 61.4 Å². The number of sulfonamides is 1. The van der Waals surface area contributed by atoms with Crippen LogP contribution in [0.15, 0.2) is 83.8 Å². The van der Waals surface area contributed by atoms with Crippen LogP contribution in [0.3, 0.4) is 0 Å². The van der Waals surface area contributed by atoms with Crippen molar-refractivity contribution in [2.75, 3.05) is 24.0 Å². The van der Waals surface area contributed by atoms with E-state index in [9.17, 15) is 13.2 Å². The van der Waals surface area contributed by atoms with E-state index in [1.54, 1.807) is 30.3 Å². The van der Waals surface area contributed by atoms with Crippen LogP contribution in [0.1, 0.15) is 11.1 Å². The average Bonchev–Trinajstić information content (AvgIpc) is 2.78. The molecule has 3 rings (SSSR count). The van der Waals surface area contributed by atoms with Crippen LogP contribution in [0.5, 0.6) is 5.75 Å². The third-order valence-electron chi connectivity index (χ3n) is 4.83. The van der Waals surface area contributed by atoms with Crippen molar-refractivity contribution in [1.29, 1.82) is 0 Å². The van der Waals surface area contributed by atoms with Crippen LogP contribution in [0.4, 0.5) is 5.69 Å². The summed E-state index contributed by atoms with van der Waals surface area (Å²) in [7, 11) is -3.91. The van der Waals surface area contributed by atoms with Gasteiger partial charge in [-0.1, -0.05) is 42.5 Å². The van der Waals surface area contributed by atoms with Crippen LogP contribution in [0, 0.1) is 13.8 Å². The molecule has 31 heavy (non-hydrogen) atoms. The molecule has 162 valence electrons. The summed E-state index contributed by atoms with van der Waals surface area (Å²) in [5.41, 5.74) is 2.44. The number of benzene rings is 3. The Labute approximate surface area is 183 Å². The molecule has 0 heterocycles. The second-order valence-corrected chi connectivity index (χ2v) is 8.97. The molecular weight excluding hydrogens is 412 g/mol. The van der Waals surface area contributed by atoms with Gasteiger partial charge in [-0.15, -0.1) is 0 Å². The number of hydrogen-bond donors (Lipinski definition) is 1. The number of carbonyl (C=O) groups is 1. The average molecular weight is 439 g/mol. The van der Waals surface area contributed by atoms with Gasteiger partial charge in [-0.25, -0.2) is 8.42 Å². The highest BCUT2D eigenvalue weighted by Crippen LogP contribution is 2.25. The van der Waals surface area contributed by atoms with Crippen molar-refractivity contribution in [3.05, 3.63) is 90.0 Å². The molecule has 0 radical (unpaired) electrons. The number of ether oxygens (including phenoxy) is 1. The number of hydrogen-bond acceptors (Lipinski definition) is 4. The highest BCUT2D eigenvalue weighted by molar-refractivity contribution is 7.92. The van der Waals surface area contributed by atoms with Gasteiger partial charge in [0.05, 0.1) is 17.1 Å². The summed E-state index contributed by atoms with van der Waals surface area (Å²) in [5.74, 6) is 0.301.